The molecule has 3 rings (SSSR count). The number of sulfonamides is 1. The van der Waals surface area contributed by atoms with E-state index in [-0.39, 0.29) is 17.4 Å². The molecule has 0 bridgehead atoms. The molecular weight excluding hydrogens is 332 g/mol. The van der Waals surface area contributed by atoms with Crippen molar-refractivity contribution in [2.45, 2.75) is 44.1 Å². The second-order valence-electron chi connectivity index (χ2n) is 6.34. The monoisotopic (exact) mass is 356 g/mol. The molecule has 9 heteroatoms. The molecule has 2 aliphatic rings. The fraction of sp³-hybridized carbons (Fsp3) is 0.733. The number of ether oxygens (including phenoxy) is 1. The van der Waals surface area contributed by atoms with Crippen molar-refractivity contribution in [3.05, 3.63) is 27.9 Å². The predicted molar refractivity (Wildman–Crippen MR) is 89.0 cm³/mol. The van der Waals surface area contributed by atoms with E-state index in [0.717, 1.165) is 19.5 Å². The maximum absolute atomic E-state index is 12.3. The van der Waals surface area contributed by atoms with Gasteiger partial charge in [0.25, 0.3) is 5.56 Å². The summed E-state index contributed by atoms with van der Waals surface area (Å²) in [5.74, 6) is 0.691. The molecule has 1 N–H and O–H groups in total. The van der Waals surface area contributed by atoms with Crippen LogP contribution in [0.25, 0.3) is 0 Å². The van der Waals surface area contributed by atoms with Crippen molar-refractivity contribution in [2.24, 2.45) is 0 Å². The number of aromatic nitrogens is 2. The van der Waals surface area contributed by atoms with E-state index in [0.29, 0.717) is 44.1 Å². The van der Waals surface area contributed by atoms with Gasteiger partial charge in [-0.25, -0.2) is 18.1 Å². The lowest BCUT2D eigenvalue weighted by Gasteiger charge is -2.19. The van der Waals surface area contributed by atoms with Crippen molar-refractivity contribution >= 4 is 10.0 Å². The molecule has 1 aromatic heterocycles. The topological polar surface area (TPSA) is 93.5 Å². The van der Waals surface area contributed by atoms with Crippen LogP contribution in [0.1, 0.15) is 30.8 Å². The van der Waals surface area contributed by atoms with Gasteiger partial charge in [-0.1, -0.05) is 0 Å². The fourth-order valence-electron chi connectivity index (χ4n) is 2.87. The van der Waals surface area contributed by atoms with E-state index in [1.807, 2.05) is 0 Å². The van der Waals surface area contributed by atoms with Gasteiger partial charge in [0.1, 0.15) is 5.82 Å². The zero-order chi connectivity index (χ0) is 17.2. The largest absolute Gasteiger partial charge is 0.383 e. The highest BCUT2D eigenvalue weighted by Crippen LogP contribution is 2.27. The summed E-state index contributed by atoms with van der Waals surface area (Å²) in [6, 6.07) is 1.43. The van der Waals surface area contributed by atoms with Crippen LogP contribution >= 0.6 is 0 Å². The molecular formula is C15H24N4O4S. The molecule has 0 aromatic carbocycles. The van der Waals surface area contributed by atoms with Gasteiger partial charge < -0.3 is 4.74 Å². The summed E-state index contributed by atoms with van der Waals surface area (Å²) >= 11 is 0. The Morgan fingerprint density at radius 2 is 2.17 bits per heavy atom. The zero-order valence-electron chi connectivity index (χ0n) is 13.9. The standard InChI is InChI=1S/C15H24N4O4S/c1-23-8-7-18-5-2-6-19-14(11-18)17-12(9-15(19)20)10-16-24(21,22)13-3-4-13/h9,13,16H,2-8,10-11H2,1H3. The Bertz CT molecular complexity index is 742. The third-order valence-electron chi connectivity index (χ3n) is 4.39. The Balaban J connectivity index is 1.75. The molecule has 24 heavy (non-hydrogen) atoms. The van der Waals surface area contributed by atoms with Crippen LogP contribution in [0.3, 0.4) is 0 Å². The van der Waals surface area contributed by atoms with Crippen LogP contribution in [0.5, 0.6) is 0 Å². The van der Waals surface area contributed by atoms with Gasteiger partial charge in [0.05, 0.1) is 30.6 Å². The summed E-state index contributed by atoms with van der Waals surface area (Å²) in [5.41, 5.74) is 0.360. The minimum absolute atomic E-state index is 0.0694. The Hall–Kier alpha value is -1.29. The lowest BCUT2D eigenvalue weighted by molar-refractivity contribution is 0.144. The third-order valence-corrected chi connectivity index (χ3v) is 6.29. The molecule has 0 radical (unpaired) electrons. The maximum Gasteiger partial charge on any atom is 0.253 e. The summed E-state index contributed by atoms with van der Waals surface area (Å²) in [6.45, 7) is 3.58. The van der Waals surface area contributed by atoms with E-state index >= 15 is 0 Å². The summed E-state index contributed by atoms with van der Waals surface area (Å²) in [7, 11) is -1.61. The van der Waals surface area contributed by atoms with E-state index in [1.165, 1.54) is 6.07 Å². The molecule has 1 saturated carbocycles. The molecule has 0 saturated heterocycles. The smallest absolute Gasteiger partial charge is 0.253 e. The zero-order valence-corrected chi connectivity index (χ0v) is 14.7. The first-order valence-electron chi connectivity index (χ1n) is 8.29. The van der Waals surface area contributed by atoms with Crippen molar-refractivity contribution in [1.29, 1.82) is 0 Å². The van der Waals surface area contributed by atoms with Crippen LogP contribution in [-0.2, 0) is 34.4 Å². The maximum atomic E-state index is 12.3. The second kappa shape index (κ2) is 7.30. The number of rotatable bonds is 7. The SMILES string of the molecule is COCCN1CCCn2c(nc(CNS(=O)(=O)C3CC3)cc2=O)C1. The number of hydrogen-bond acceptors (Lipinski definition) is 6. The first kappa shape index (κ1) is 17.5. The normalized spacial score (nSPS) is 19.0. The lowest BCUT2D eigenvalue weighted by atomic mass is 10.3. The average molecular weight is 356 g/mol. The van der Waals surface area contributed by atoms with Crippen LogP contribution in [0.4, 0.5) is 0 Å². The Morgan fingerprint density at radius 3 is 2.88 bits per heavy atom. The molecule has 1 aromatic rings. The van der Waals surface area contributed by atoms with Crippen LogP contribution in [0, 0.1) is 0 Å². The number of nitrogens with zero attached hydrogens (tertiary/aromatic N) is 3. The highest BCUT2D eigenvalue weighted by atomic mass is 32.2. The van der Waals surface area contributed by atoms with Gasteiger partial charge in [-0.15, -0.1) is 0 Å². The predicted octanol–water partition coefficient (Wildman–Crippen LogP) is -0.323. The van der Waals surface area contributed by atoms with Gasteiger partial charge in [0.15, 0.2) is 0 Å². The van der Waals surface area contributed by atoms with Crippen LogP contribution in [0.2, 0.25) is 0 Å². The van der Waals surface area contributed by atoms with Crippen LogP contribution in [0.15, 0.2) is 10.9 Å². The van der Waals surface area contributed by atoms with Crippen molar-refractivity contribution in [3.63, 3.8) is 0 Å². The van der Waals surface area contributed by atoms with E-state index in [4.69, 9.17) is 4.74 Å². The molecule has 0 atom stereocenters. The van der Waals surface area contributed by atoms with E-state index in [1.54, 1.807) is 11.7 Å². The number of fused-ring (bicyclic) bond motifs is 1. The molecule has 2 heterocycles. The van der Waals surface area contributed by atoms with Gasteiger partial charge in [-0.2, -0.15) is 0 Å². The minimum Gasteiger partial charge on any atom is -0.383 e. The van der Waals surface area contributed by atoms with Crippen molar-refractivity contribution in [3.8, 4) is 0 Å². The molecule has 1 aliphatic heterocycles. The number of methoxy groups -OCH3 is 1. The number of nitrogens with one attached hydrogen (secondary N) is 1. The van der Waals surface area contributed by atoms with Gasteiger partial charge in [-0.3, -0.25) is 14.3 Å². The molecule has 0 amide bonds. The molecule has 1 aliphatic carbocycles. The van der Waals surface area contributed by atoms with Gasteiger partial charge >= 0.3 is 0 Å². The van der Waals surface area contributed by atoms with E-state index < -0.39 is 10.0 Å². The molecule has 8 nitrogen and oxygen atoms in total. The summed E-state index contributed by atoms with van der Waals surface area (Å²) in [5, 5.41) is -0.274. The minimum atomic E-state index is -3.28. The first-order valence-corrected chi connectivity index (χ1v) is 9.83. The highest BCUT2D eigenvalue weighted by molar-refractivity contribution is 7.90. The molecule has 1 fully saturated rings. The second-order valence-corrected chi connectivity index (χ2v) is 8.39. The molecule has 0 unspecified atom stereocenters. The Kier molecular flexibility index (Phi) is 5.33. The van der Waals surface area contributed by atoms with Crippen molar-refractivity contribution < 1.29 is 13.2 Å². The fourth-order valence-corrected chi connectivity index (χ4v) is 4.21. The summed E-state index contributed by atoms with van der Waals surface area (Å²) < 4.78 is 33.2. The van der Waals surface area contributed by atoms with Crippen LogP contribution in [-0.4, -0.2) is 54.9 Å². The molecule has 0 spiro atoms. The van der Waals surface area contributed by atoms with Gasteiger partial charge in [-0.05, 0) is 19.3 Å². The van der Waals surface area contributed by atoms with Gasteiger partial charge in [0.2, 0.25) is 10.0 Å². The average Bonchev–Trinajstić information content (AvgIpc) is 3.38. The van der Waals surface area contributed by atoms with Gasteiger partial charge in [0, 0.05) is 32.8 Å². The highest BCUT2D eigenvalue weighted by Gasteiger charge is 2.35. The van der Waals surface area contributed by atoms with E-state index in [2.05, 4.69) is 14.6 Å². The summed E-state index contributed by atoms with van der Waals surface area (Å²) in [4.78, 5) is 19.1. The van der Waals surface area contributed by atoms with Crippen molar-refractivity contribution in [1.82, 2.24) is 19.2 Å². The van der Waals surface area contributed by atoms with Crippen LogP contribution < -0.4 is 10.3 Å². The first-order chi connectivity index (χ1) is 11.5. The third kappa shape index (κ3) is 4.21. The molecule has 134 valence electrons. The van der Waals surface area contributed by atoms with E-state index in [9.17, 15) is 13.2 Å². The quantitative estimate of drug-likeness (QED) is 0.720. The Labute approximate surface area is 141 Å². The van der Waals surface area contributed by atoms with Crippen molar-refractivity contribution in [2.75, 3.05) is 26.8 Å². The Morgan fingerprint density at radius 1 is 1.38 bits per heavy atom. The lowest BCUT2D eigenvalue weighted by Crippen LogP contribution is -2.31. The number of hydrogen-bond donors (Lipinski definition) is 1. The summed E-state index contributed by atoms with van der Waals surface area (Å²) in [6.07, 6.45) is 2.31.